The van der Waals surface area contributed by atoms with Crippen LogP contribution in [0.2, 0.25) is 0 Å². The van der Waals surface area contributed by atoms with Crippen LogP contribution in [0, 0.1) is 15.9 Å². The van der Waals surface area contributed by atoms with Crippen molar-refractivity contribution in [2.24, 2.45) is 4.99 Å². The summed E-state index contributed by atoms with van der Waals surface area (Å²) in [5.74, 6) is -0.270. The minimum absolute atomic E-state index is 0.00516. The predicted octanol–water partition coefficient (Wildman–Crippen LogP) is 6.00. The fourth-order valence-electron chi connectivity index (χ4n) is 3.74. The van der Waals surface area contributed by atoms with E-state index in [1.165, 1.54) is 36.0 Å². The molecule has 1 fully saturated rings. The van der Waals surface area contributed by atoms with Gasteiger partial charge < -0.3 is 4.57 Å². The van der Waals surface area contributed by atoms with Gasteiger partial charge in [-0.3, -0.25) is 10.1 Å². The number of nitro benzene ring substituents is 1. The van der Waals surface area contributed by atoms with Gasteiger partial charge in [0.1, 0.15) is 11.5 Å². The van der Waals surface area contributed by atoms with Crippen LogP contribution in [0.4, 0.5) is 15.8 Å². The maximum Gasteiger partial charge on any atom is 0.294 e. The summed E-state index contributed by atoms with van der Waals surface area (Å²) in [4.78, 5) is 16.4. The molecule has 1 saturated carbocycles. The van der Waals surface area contributed by atoms with Gasteiger partial charge in [0.25, 0.3) is 5.69 Å². The normalized spacial score (nSPS) is 15.7. The number of para-hydroxylation sites is 2. The zero-order chi connectivity index (χ0) is 19.5. The van der Waals surface area contributed by atoms with E-state index >= 15 is 0 Å². The van der Waals surface area contributed by atoms with Crippen molar-refractivity contribution >= 4 is 22.7 Å². The summed E-state index contributed by atoms with van der Waals surface area (Å²) in [6.45, 7) is 0. The van der Waals surface area contributed by atoms with E-state index in [2.05, 4.69) is 9.56 Å². The van der Waals surface area contributed by atoms with Crippen molar-refractivity contribution in [1.29, 1.82) is 0 Å². The molecule has 7 heteroatoms. The molecule has 0 radical (unpaired) electrons. The minimum Gasteiger partial charge on any atom is -0.313 e. The number of nitrogens with zero attached hydrogens (tertiary/aromatic N) is 3. The quantitative estimate of drug-likeness (QED) is 0.400. The van der Waals surface area contributed by atoms with E-state index in [4.69, 9.17) is 0 Å². The van der Waals surface area contributed by atoms with Crippen molar-refractivity contribution in [2.75, 3.05) is 0 Å². The van der Waals surface area contributed by atoms with Crippen molar-refractivity contribution in [3.8, 4) is 11.3 Å². The molecular weight excluding hydrogens is 377 g/mol. The Hall–Kier alpha value is -2.80. The highest BCUT2D eigenvalue weighted by Crippen LogP contribution is 2.33. The zero-order valence-corrected chi connectivity index (χ0v) is 16.1. The molecule has 5 nitrogen and oxygen atoms in total. The number of hydrogen-bond acceptors (Lipinski definition) is 4. The van der Waals surface area contributed by atoms with Crippen molar-refractivity contribution in [3.63, 3.8) is 0 Å². The Bertz CT molecular complexity index is 1050. The number of nitro groups is 1. The van der Waals surface area contributed by atoms with Crippen molar-refractivity contribution in [1.82, 2.24) is 4.57 Å². The van der Waals surface area contributed by atoms with E-state index < -0.39 is 4.92 Å². The summed E-state index contributed by atoms with van der Waals surface area (Å²) in [5, 5.41) is 13.4. The lowest BCUT2D eigenvalue weighted by molar-refractivity contribution is -0.384. The molecule has 2 aromatic carbocycles. The number of rotatable bonds is 4. The maximum atomic E-state index is 13.4. The first-order valence-corrected chi connectivity index (χ1v) is 10.3. The topological polar surface area (TPSA) is 60.4 Å². The molecule has 0 atom stereocenters. The third-order valence-electron chi connectivity index (χ3n) is 5.12. The average molecular weight is 397 g/mol. The molecule has 0 spiro atoms. The molecule has 4 rings (SSSR count). The highest BCUT2D eigenvalue weighted by molar-refractivity contribution is 7.07. The molecule has 1 aromatic heterocycles. The molecular formula is C21H20FN3O2S. The molecule has 0 aliphatic heterocycles. The predicted molar refractivity (Wildman–Crippen MR) is 108 cm³/mol. The van der Waals surface area contributed by atoms with Gasteiger partial charge in [-0.1, -0.05) is 31.4 Å². The van der Waals surface area contributed by atoms with E-state index in [0.717, 1.165) is 41.7 Å². The molecule has 1 heterocycles. The largest absolute Gasteiger partial charge is 0.313 e. The molecule has 1 aliphatic rings. The van der Waals surface area contributed by atoms with Crippen molar-refractivity contribution in [3.05, 3.63) is 74.6 Å². The summed E-state index contributed by atoms with van der Waals surface area (Å²) < 4.78 is 15.6. The van der Waals surface area contributed by atoms with Crippen LogP contribution in [0.1, 0.15) is 38.1 Å². The Balaban J connectivity index is 1.88. The first-order valence-electron chi connectivity index (χ1n) is 9.37. The number of hydrogen-bond donors (Lipinski definition) is 0. The summed E-state index contributed by atoms with van der Waals surface area (Å²) in [7, 11) is 0. The van der Waals surface area contributed by atoms with E-state index in [1.807, 2.05) is 5.38 Å². The Labute approximate surface area is 166 Å². The average Bonchev–Trinajstić information content (AvgIpc) is 3.13. The second-order valence-electron chi connectivity index (χ2n) is 6.93. The molecule has 0 bridgehead atoms. The zero-order valence-electron chi connectivity index (χ0n) is 15.3. The SMILES string of the molecule is O=[N+]([O-])c1ccccc1N=c1scc(-c2ccc(F)cc2)n1C1CCCCC1. The minimum atomic E-state index is -0.404. The monoisotopic (exact) mass is 397 g/mol. The first kappa shape index (κ1) is 18.6. The van der Waals surface area contributed by atoms with Gasteiger partial charge >= 0.3 is 0 Å². The highest BCUT2D eigenvalue weighted by atomic mass is 32.1. The molecule has 0 amide bonds. The van der Waals surface area contributed by atoms with Gasteiger partial charge in [0.15, 0.2) is 4.80 Å². The lowest BCUT2D eigenvalue weighted by Crippen LogP contribution is -2.23. The Kier molecular flexibility index (Phi) is 5.34. The lowest BCUT2D eigenvalue weighted by atomic mass is 9.95. The molecule has 0 N–H and O–H groups in total. The Morgan fingerprint density at radius 2 is 1.79 bits per heavy atom. The van der Waals surface area contributed by atoms with Gasteiger partial charge in [-0.15, -0.1) is 11.3 Å². The second-order valence-corrected chi connectivity index (χ2v) is 7.77. The van der Waals surface area contributed by atoms with Crippen LogP contribution >= 0.6 is 11.3 Å². The standard InChI is InChI=1S/C21H20FN3O2S/c22-16-12-10-15(11-13-16)20-14-28-21(24(20)17-6-2-1-3-7-17)23-18-8-4-5-9-19(18)25(26)27/h4-5,8-14,17H,1-3,6-7H2. The summed E-state index contributed by atoms with van der Waals surface area (Å²) in [5.41, 5.74) is 2.25. The van der Waals surface area contributed by atoms with Gasteiger partial charge in [-0.2, -0.15) is 0 Å². The van der Waals surface area contributed by atoms with E-state index in [0.29, 0.717) is 11.7 Å². The fraction of sp³-hybridized carbons (Fsp3) is 0.286. The molecule has 0 unspecified atom stereocenters. The van der Waals surface area contributed by atoms with Crippen molar-refractivity contribution < 1.29 is 9.31 Å². The first-order chi connectivity index (χ1) is 13.6. The molecule has 144 valence electrons. The van der Waals surface area contributed by atoms with Crippen LogP contribution in [-0.2, 0) is 0 Å². The lowest BCUT2D eigenvalue weighted by Gasteiger charge is -2.25. The van der Waals surface area contributed by atoms with Gasteiger partial charge in [0, 0.05) is 17.5 Å². The van der Waals surface area contributed by atoms with Crippen LogP contribution < -0.4 is 4.80 Å². The number of halogens is 1. The molecule has 1 aliphatic carbocycles. The third kappa shape index (κ3) is 3.75. The van der Waals surface area contributed by atoms with Gasteiger partial charge in [0.05, 0.1) is 10.6 Å². The summed E-state index contributed by atoms with van der Waals surface area (Å²) >= 11 is 1.46. The van der Waals surface area contributed by atoms with Gasteiger partial charge in [0.2, 0.25) is 0 Å². The highest BCUT2D eigenvalue weighted by Gasteiger charge is 2.21. The van der Waals surface area contributed by atoms with Crippen LogP contribution in [0.15, 0.2) is 58.9 Å². The molecule has 0 saturated heterocycles. The fourth-order valence-corrected chi connectivity index (χ4v) is 4.72. The van der Waals surface area contributed by atoms with Crippen molar-refractivity contribution in [2.45, 2.75) is 38.1 Å². The van der Waals surface area contributed by atoms with Crippen LogP contribution in [-0.4, -0.2) is 9.49 Å². The van der Waals surface area contributed by atoms with Gasteiger partial charge in [-0.05, 0) is 48.7 Å². The second kappa shape index (κ2) is 8.06. The van der Waals surface area contributed by atoms with E-state index in [-0.39, 0.29) is 11.5 Å². The van der Waals surface area contributed by atoms with Crippen LogP contribution in [0.5, 0.6) is 0 Å². The third-order valence-corrected chi connectivity index (χ3v) is 5.96. The van der Waals surface area contributed by atoms with Gasteiger partial charge in [-0.25, -0.2) is 9.38 Å². The Morgan fingerprint density at radius 1 is 1.07 bits per heavy atom. The number of benzene rings is 2. The summed E-state index contributed by atoms with van der Waals surface area (Å²) in [6.07, 6.45) is 5.64. The van der Waals surface area contributed by atoms with E-state index in [9.17, 15) is 14.5 Å². The summed E-state index contributed by atoms with van der Waals surface area (Å²) in [6, 6.07) is 13.3. The molecule has 28 heavy (non-hydrogen) atoms. The Morgan fingerprint density at radius 3 is 2.50 bits per heavy atom. The van der Waals surface area contributed by atoms with E-state index in [1.54, 1.807) is 30.3 Å². The van der Waals surface area contributed by atoms with Crippen LogP contribution in [0.25, 0.3) is 11.3 Å². The number of thiazole rings is 1. The molecule has 3 aromatic rings. The maximum absolute atomic E-state index is 13.4. The number of aromatic nitrogens is 1. The van der Waals surface area contributed by atoms with Crippen LogP contribution in [0.3, 0.4) is 0 Å². The smallest absolute Gasteiger partial charge is 0.294 e.